The van der Waals surface area contributed by atoms with Crippen LogP contribution in [-0.4, -0.2) is 22.2 Å². The molecule has 0 saturated heterocycles. The van der Waals surface area contributed by atoms with Gasteiger partial charge in [0.25, 0.3) is 0 Å². The predicted molar refractivity (Wildman–Crippen MR) is 144 cm³/mol. The maximum absolute atomic E-state index is 12.5. The van der Waals surface area contributed by atoms with Crippen molar-refractivity contribution >= 4 is 11.9 Å². The van der Waals surface area contributed by atoms with Crippen molar-refractivity contribution in [2.75, 3.05) is 0 Å². The van der Waals surface area contributed by atoms with Gasteiger partial charge in [0.15, 0.2) is 0 Å². The fraction of sp³-hybridized carbons (Fsp3) is 0.933. The van der Waals surface area contributed by atoms with Crippen LogP contribution in [-0.2, 0) is 9.59 Å². The summed E-state index contributed by atoms with van der Waals surface area (Å²) in [6.45, 7) is 4.49. The van der Waals surface area contributed by atoms with Crippen LogP contribution in [0.3, 0.4) is 0 Å². The minimum Gasteiger partial charge on any atom is -0.481 e. The van der Waals surface area contributed by atoms with Gasteiger partial charge in [0.1, 0.15) is 0 Å². The number of hydrogen-bond donors (Lipinski definition) is 2. The first-order chi connectivity index (χ1) is 16.5. The summed E-state index contributed by atoms with van der Waals surface area (Å²) in [6.07, 6.45) is 27.3. The average molecular weight is 483 g/mol. The molecule has 0 saturated carbocycles. The molecule has 0 aliphatic rings. The van der Waals surface area contributed by atoms with Gasteiger partial charge in [-0.05, 0) is 25.7 Å². The summed E-state index contributed by atoms with van der Waals surface area (Å²) < 4.78 is 0. The topological polar surface area (TPSA) is 74.6 Å². The lowest BCUT2D eigenvalue weighted by Gasteiger charge is -2.30. The van der Waals surface area contributed by atoms with Gasteiger partial charge in [0.05, 0.1) is 5.41 Å². The van der Waals surface area contributed by atoms with E-state index in [9.17, 15) is 14.7 Å². The van der Waals surface area contributed by atoms with Crippen LogP contribution in [0, 0.1) is 5.41 Å². The number of unbranched alkanes of at least 4 members (excludes halogenated alkanes) is 18. The van der Waals surface area contributed by atoms with Gasteiger partial charge in [-0.25, -0.2) is 0 Å². The maximum Gasteiger partial charge on any atom is 0.309 e. The van der Waals surface area contributed by atoms with E-state index >= 15 is 0 Å². The van der Waals surface area contributed by atoms with Crippen molar-refractivity contribution in [3.63, 3.8) is 0 Å². The van der Waals surface area contributed by atoms with Crippen LogP contribution in [0.2, 0.25) is 0 Å². The monoisotopic (exact) mass is 482 g/mol. The van der Waals surface area contributed by atoms with Crippen molar-refractivity contribution in [1.29, 1.82) is 0 Å². The van der Waals surface area contributed by atoms with Crippen LogP contribution in [0.25, 0.3) is 0 Å². The highest BCUT2D eigenvalue weighted by molar-refractivity contribution is 5.74. The Morgan fingerprint density at radius 2 is 0.765 bits per heavy atom. The van der Waals surface area contributed by atoms with E-state index in [4.69, 9.17) is 5.11 Å². The standard InChI is InChI=1S/C30H58O4/c1-3-5-7-9-11-13-17-21-25-30(29(33)34,26-22-18-14-12-10-8-6-4-2)27-23-19-15-16-20-24-28(31)32/h3-27H2,1-2H3,(H,31,32)(H,33,34). The number of carboxylic acid groups (broad SMARTS) is 2. The highest BCUT2D eigenvalue weighted by Gasteiger charge is 2.36. The first kappa shape index (κ1) is 32.9. The number of carbonyl (C=O) groups is 2. The Labute approximate surface area is 211 Å². The average Bonchev–Trinajstić information content (AvgIpc) is 2.80. The van der Waals surface area contributed by atoms with Crippen molar-refractivity contribution < 1.29 is 19.8 Å². The quantitative estimate of drug-likeness (QED) is 0.114. The molecule has 0 rings (SSSR count). The van der Waals surface area contributed by atoms with E-state index in [0.717, 1.165) is 77.0 Å². The normalized spacial score (nSPS) is 11.7. The van der Waals surface area contributed by atoms with E-state index in [1.54, 1.807) is 0 Å². The smallest absolute Gasteiger partial charge is 0.309 e. The molecule has 0 aromatic heterocycles. The van der Waals surface area contributed by atoms with Gasteiger partial charge < -0.3 is 10.2 Å². The third-order valence-electron chi connectivity index (χ3n) is 7.52. The molecule has 0 heterocycles. The molecule has 0 aliphatic heterocycles. The van der Waals surface area contributed by atoms with Gasteiger partial charge in [-0.3, -0.25) is 9.59 Å². The predicted octanol–water partition coefficient (Wildman–Crippen LogP) is 9.93. The molecule has 4 nitrogen and oxygen atoms in total. The first-order valence-electron chi connectivity index (χ1n) is 14.9. The Kier molecular flexibility index (Phi) is 22.9. The van der Waals surface area contributed by atoms with E-state index in [2.05, 4.69) is 13.8 Å². The van der Waals surface area contributed by atoms with Gasteiger partial charge in [-0.2, -0.15) is 0 Å². The third-order valence-corrected chi connectivity index (χ3v) is 7.52. The largest absolute Gasteiger partial charge is 0.481 e. The number of hydrogen-bond acceptors (Lipinski definition) is 2. The molecule has 0 radical (unpaired) electrons. The van der Waals surface area contributed by atoms with Gasteiger partial charge in [0.2, 0.25) is 0 Å². The molecule has 34 heavy (non-hydrogen) atoms. The Hall–Kier alpha value is -1.06. The molecule has 0 unspecified atom stereocenters. The van der Waals surface area contributed by atoms with Crippen LogP contribution < -0.4 is 0 Å². The molecule has 0 aromatic rings. The van der Waals surface area contributed by atoms with E-state index < -0.39 is 17.4 Å². The summed E-state index contributed by atoms with van der Waals surface area (Å²) in [4.78, 5) is 23.1. The Morgan fingerprint density at radius 3 is 1.06 bits per heavy atom. The van der Waals surface area contributed by atoms with Crippen molar-refractivity contribution in [2.24, 2.45) is 5.41 Å². The van der Waals surface area contributed by atoms with Crippen LogP contribution in [0.5, 0.6) is 0 Å². The van der Waals surface area contributed by atoms with Crippen molar-refractivity contribution in [1.82, 2.24) is 0 Å². The zero-order valence-electron chi connectivity index (χ0n) is 22.9. The zero-order chi connectivity index (χ0) is 25.3. The van der Waals surface area contributed by atoms with Gasteiger partial charge in [0, 0.05) is 6.42 Å². The minimum atomic E-state index is -0.722. The van der Waals surface area contributed by atoms with E-state index in [0.29, 0.717) is 0 Å². The van der Waals surface area contributed by atoms with Crippen molar-refractivity contribution in [3.05, 3.63) is 0 Å². The fourth-order valence-corrected chi connectivity index (χ4v) is 5.16. The molecule has 4 heteroatoms. The molecule has 0 bridgehead atoms. The highest BCUT2D eigenvalue weighted by atomic mass is 16.4. The van der Waals surface area contributed by atoms with Crippen LogP contribution in [0.15, 0.2) is 0 Å². The zero-order valence-corrected chi connectivity index (χ0v) is 22.9. The van der Waals surface area contributed by atoms with Gasteiger partial charge >= 0.3 is 11.9 Å². The van der Waals surface area contributed by atoms with E-state index in [-0.39, 0.29) is 6.42 Å². The summed E-state index contributed by atoms with van der Waals surface area (Å²) in [5.41, 5.74) is -0.550. The SMILES string of the molecule is CCCCCCCCCCC(CCCCCCCCCC)(CCCCCCCC(=O)O)C(=O)O. The van der Waals surface area contributed by atoms with E-state index in [1.165, 1.54) is 77.0 Å². The lowest BCUT2D eigenvalue weighted by molar-refractivity contribution is -0.151. The third kappa shape index (κ3) is 19.3. The lowest BCUT2D eigenvalue weighted by Crippen LogP contribution is -2.31. The first-order valence-corrected chi connectivity index (χ1v) is 14.9. The van der Waals surface area contributed by atoms with Gasteiger partial charge in [-0.1, -0.05) is 142 Å². The molecule has 0 aromatic carbocycles. The van der Waals surface area contributed by atoms with Crippen LogP contribution in [0.1, 0.15) is 174 Å². The fourth-order valence-electron chi connectivity index (χ4n) is 5.16. The number of carboxylic acids is 2. The van der Waals surface area contributed by atoms with Crippen LogP contribution in [0.4, 0.5) is 0 Å². The van der Waals surface area contributed by atoms with Crippen molar-refractivity contribution in [2.45, 2.75) is 174 Å². The maximum atomic E-state index is 12.5. The van der Waals surface area contributed by atoms with Gasteiger partial charge in [-0.15, -0.1) is 0 Å². The molecular formula is C30H58O4. The molecule has 0 spiro atoms. The van der Waals surface area contributed by atoms with E-state index in [1.807, 2.05) is 0 Å². The van der Waals surface area contributed by atoms with Crippen molar-refractivity contribution in [3.8, 4) is 0 Å². The molecule has 0 atom stereocenters. The highest BCUT2D eigenvalue weighted by Crippen LogP contribution is 2.38. The summed E-state index contributed by atoms with van der Waals surface area (Å²) in [6, 6.07) is 0. The Bertz CT molecular complexity index is 454. The minimum absolute atomic E-state index is 0.246. The number of aliphatic carboxylic acids is 2. The van der Waals surface area contributed by atoms with Crippen LogP contribution >= 0.6 is 0 Å². The molecule has 0 fully saturated rings. The summed E-state index contributed by atoms with van der Waals surface area (Å²) in [5, 5.41) is 19.0. The Balaban J connectivity index is 4.47. The summed E-state index contributed by atoms with van der Waals surface area (Å²) in [7, 11) is 0. The second kappa shape index (κ2) is 23.7. The molecular weight excluding hydrogens is 424 g/mol. The number of rotatable bonds is 27. The summed E-state index contributed by atoms with van der Waals surface area (Å²) >= 11 is 0. The lowest BCUT2D eigenvalue weighted by atomic mass is 9.74. The second-order valence-corrected chi connectivity index (χ2v) is 10.7. The summed E-state index contributed by atoms with van der Waals surface area (Å²) in [5.74, 6) is -1.30. The molecule has 202 valence electrons. The second-order valence-electron chi connectivity index (χ2n) is 10.7. The molecule has 0 amide bonds. The molecule has 0 aliphatic carbocycles. The Morgan fingerprint density at radius 1 is 0.471 bits per heavy atom. The molecule has 2 N–H and O–H groups in total.